The Morgan fingerprint density at radius 2 is 2.11 bits per heavy atom. The summed E-state index contributed by atoms with van der Waals surface area (Å²) in [6, 6.07) is 8.03. The van der Waals surface area contributed by atoms with E-state index < -0.39 is 0 Å². The number of anilines is 1. The Kier molecular flexibility index (Phi) is 4.43. The SMILES string of the molecule is CCCn1cc(NC(C)c2ccc(C)s2)ccc1=O. The number of pyridine rings is 1. The van der Waals surface area contributed by atoms with E-state index in [0.29, 0.717) is 0 Å². The molecule has 102 valence electrons. The summed E-state index contributed by atoms with van der Waals surface area (Å²) >= 11 is 1.80. The van der Waals surface area contributed by atoms with Gasteiger partial charge in [0.15, 0.2) is 0 Å². The van der Waals surface area contributed by atoms with Gasteiger partial charge in [-0.05, 0) is 38.5 Å². The fraction of sp³-hybridized carbons (Fsp3) is 0.400. The van der Waals surface area contributed by atoms with E-state index in [1.165, 1.54) is 9.75 Å². The third-order valence-electron chi connectivity index (χ3n) is 3.02. The van der Waals surface area contributed by atoms with Gasteiger partial charge in [-0.15, -0.1) is 11.3 Å². The van der Waals surface area contributed by atoms with E-state index in [1.54, 1.807) is 22.0 Å². The van der Waals surface area contributed by atoms with Crippen molar-refractivity contribution in [3.05, 3.63) is 50.6 Å². The van der Waals surface area contributed by atoms with Crippen LogP contribution in [-0.2, 0) is 6.54 Å². The van der Waals surface area contributed by atoms with E-state index in [0.717, 1.165) is 18.7 Å². The van der Waals surface area contributed by atoms with Crippen LogP contribution < -0.4 is 10.9 Å². The molecule has 2 aromatic heterocycles. The highest BCUT2D eigenvalue weighted by atomic mass is 32.1. The first-order chi connectivity index (χ1) is 9.10. The molecule has 2 aromatic rings. The predicted molar refractivity (Wildman–Crippen MR) is 82.1 cm³/mol. The molecule has 0 saturated heterocycles. The van der Waals surface area contributed by atoms with Crippen molar-refractivity contribution in [3.8, 4) is 0 Å². The Hall–Kier alpha value is -1.55. The van der Waals surface area contributed by atoms with E-state index >= 15 is 0 Å². The van der Waals surface area contributed by atoms with Crippen molar-refractivity contribution < 1.29 is 0 Å². The highest BCUT2D eigenvalue weighted by molar-refractivity contribution is 7.12. The summed E-state index contributed by atoms with van der Waals surface area (Å²) < 4.78 is 1.76. The zero-order valence-corrected chi connectivity index (χ0v) is 12.5. The molecular formula is C15H20N2OS. The summed E-state index contributed by atoms with van der Waals surface area (Å²) in [5.41, 5.74) is 1.05. The van der Waals surface area contributed by atoms with Crippen LogP contribution >= 0.6 is 11.3 Å². The summed E-state index contributed by atoms with van der Waals surface area (Å²) in [6.45, 7) is 7.09. The molecule has 0 aliphatic rings. The molecule has 4 heteroatoms. The third-order valence-corrected chi connectivity index (χ3v) is 4.20. The summed E-state index contributed by atoms with van der Waals surface area (Å²) in [5, 5.41) is 3.45. The molecule has 2 rings (SSSR count). The lowest BCUT2D eigenvalue weighted by molar-refractivity contribution is 0.654. The van der Waals surface area contributed by atoms with E-state index in [1.807, 2.05) is 12.3 Å². The molecule has 0 spiro atoms. The maximum atomic E-state index is 11.7. The highest BCUT2D eigenvalue weighted by Crippen LogP contribution is 2.25. The normalized spacial score (nSPS) is 12.4. The minimum absolute atomic E-state index is 0.0621. The van der Waals surface area contributed by atoms with Crippen molar-refractivity contribution in [3.63, 3.8) is 0 Å². The van der Waals surface area contributed by atoms with Gasteiger partial charge in [0.1, 0.15) is 0 Å². The standard InChI is InChI=1S/C15H20N2OS/c1-4-9-17-10-13(6-8-15(17)18)16-12(3)14-7-5-11(2)19-14/h5-8,10,12,16H,4,9H2,1-3H3. The van der Waals surface area contributed by atoms with Gasteiger partial charge < -0.3 is 9.88 Å². The van der Waals surface area contributed by atoms with Gasteiger partial charge in [-0.2, -0.15) is 0 Å². The molecule has 0 aromatic carbocycles. The first kappa shape index (κ1) is 13.9. The first-order valence-corrected chi connectivity index (χ1v) is 7.45. The third kappa shape index (κ3) is 3.47. The average Bonchev–Trinajstić information content (AvgIpc) is 2.80. The van der Waals surface area contributed by atoms with Crippen LogP contribution in [0.1, 0.15) is 36.1 Å². The second-order valence-electron chi connectivity index (χ2n) is 4.76. The molecule has 0 aliphatic carbocycles. The number of hydrogen-bond acceptors (Lipinski definition) is 3. The monoisotopic (exact) mass is 276 g/mol. The molecule has 3 nitrogen and oxygen atoms in total. The van der Waals surface area contributed by atoms with Gasteiger partial charge in [-0.25, -0.2) is 0 Å². The molecule has 2 heterocycles. The Bertz CT molecular complexity index is 600. The first-order valence-electron chi connectivity index (χ1n) is 6.63. The van der Waals surface area contributed by atoms with E-state index in [2.05, 4.69) is 38.2 Å². The molecule has 0 fully saturated rings. The van der Waals surface area contributed by atoms with Crippen molar-refractivity contribution in [2.24, 2.45) is 0 Å². The van der Waals surface area contributed by atoms with Gasteiger partial charge in [0.05, 0.1) is 11.7 Å². The molecule has 1 N–H and O–H groups in total. The molecule has 0 amide bonds. The molecule has 0 bridgehead atoms. The maximum absolute atomic E-state index is 11.7. The zero-order valence-electron chi connectivity index (χ0n) is 11.6. The van der Waals surface area contributed by atoms with Crippen LogP contribution in [0, 0.1) is 6.92 Å². The van der Waals surface area contributed by atoms with Crippen molar-refractivity contribution in [2.75, 3.05) is 5.32 Å². The molecule has 19 heavy (non-hydrogen) atoms. The molecule has 1 atom stereocenters. The van der Waals surface area contributed by atoms with Gasteiger partial charge in [0.2, 0.25) is 0 Å². The lowest BCUT2D eigenvalue weighted by Crippen LogP contribution is -2.19. The Morgan fingerprint density at radius 1 is 1.32 bits per heavy atom. The molecule has 0 aliphatic heterocycles. The van der Waals surface area contributed by atoms with Crippen molar-refractivity contribution in [2.45, 2.75) is 39.8 Å². The van der Waals surface area contributed by atoms with Gasteiger partial charge in [0, 0.05) is 28.6 Å². The molecular weight excluding hydrogens is 256 g/mol. The summed E-state index contributed by atoms with van der Waals surface area (Å²) in [7, 11) is 0. The number of aryl methyl sites for hydroxylation is 2. The Labute approximate surface area is 117 Å². The minimum atomic E-state index is 0.0621. The second kappa shape index (κ2) is 6.06. The summed E-state index contributed by atoms with van der Waals surface area (Å²) in [4.78, 5) is 14.3. The fourth-order valence-electron chi connectivity index (χ4n) is 2.04. The average molecular weight is 276 g/mol. The quantitative estimate of drug-likeness (QED) is 0.901. The number of nitrogens with one attached hydrogen (secondary N) is 1. The summed E-state index contributed by atoms with van der Waals surface area (Å²) in [6.07, 6.45) is 2.87. The highest BCUT2D eigenvalue weighted by Gasteiger charge is 2.08. The van der Waals surface area contributed by atoms with Crippen LogP contribution in [0.15, 0.2) is 35.3 Å². The lowest BCUT2D eigenvalue weighted by Gasteiger charge is -2.15. The van der Waals surface area contributed by atoms with E-state index in [4.69, 9.17) is 0 Å². The summed E-state index contributed by atoms with van der Waals surface area (Å²) in [5.74, 6) is 0. The topological polar surface area (TPSA) is 34.0 Å². The van der Waals surface area contributed by atoms with Crippen LogP contribution in [0.3, 0.4) is 0 Å². The second-order valence-corrected chi connectivity index (χ2v) is 6.08. The van der Waals surface area contributed by atoms with Crippen LogP contribution in [-0.4, -0.2) is 4.57 Å². The minimum Gasteiger partial charge on any atom is -0.377 e. The van der Waals surface area contributed by atoms with Crippen molar-refractivity contribution >= 4 is 17.0 Å². The number of rotatable bonds is 5. The smallest absolute Gasteiger partial charge is 0.250 e. The van der Waals surface area contributed by atoms with Gasteiger partial charge in [-0.3, -0.25) is 4.79 Å². The fourth-order valence-corrected chi connectivity index (χ4v) is 2.92. The molecule has 0 saturated carbocycles. The largest absolute Gasteiger partial charge is 0.377 e. The lowest BCUT2D eigenvalue weighted by atomic mass is 10.2. The van der Waals surface area contributed by atoms with Crippen molar-refractivity contribution in [1.82, 2.24) is 4.57 Å². The van der Waals surface area contributed by atoms with E-state index in [-0.39, 0.29) is 11.6 Å². The van der Waals surface area contributed by atoms with Gasteiger partial charge in [-0.1, -0.05) is 6.92 Å². The number of thiophene rings is 1. The predicted octanol–water partition coefficient (Wildman–Crippen LogP) is 3.80. The Balaban J connectivity index is 2.14. The maximum Gasteiger partial charge on any atom is 0.250 e. The van der Waals surface area contributed by atoms with Crippen LogP contribution in [0.25, 0.3) is 0 Å². The van der Waals surface area contributed by atoms with Gasteiger partial charge >= 0.3 is 0 Å². The van der Waals surface area contributed by atoms with Crippen molar-refractivity contribution in [1.29, 1.82) is 0 Å². The molecule has 1 unspecified atom stereocenters. The Morgan fingerprint density at radius 3 is 2.74 bits per heavy atom. The number of aromatic nitrogens is 1. The van der Waals surface area contributed by atoms with Crippen LogP contribution in [0.2, 0.25) is 0 Å². The number of nitrogens with zero attached hydrogens (tertiary/aromatic N) is 1. The van der Waals surface area contributed by atoms with Gasteiger partial charge in [0.25, 0.3) is 5.56 Å². The van der Waals surface area contributed by atoms with Crippen LogP contribution in [0.4, 0.5) is 5.69 Å². The zero-order chi connectivity index (χ0) is 13.8. The molecule has 0 radical (unpaired) electrons. The van der Waals surface area contributed by atoms with E-state index in [9.17, 15) is 4.79 Å². The van der Waals surface area contributed by atoms with Crippen LogP contribution in [0.5, 0.6) is 0 Å². The number of hydrogen-bond donors (Lipinski definition) is 1.